The maximum absolute atomic E-state index is 11.9. The van der Waals surface area contributed by atoms with E-state index in [-0.39, 0.29) is 11.6 Å². The van der Waals surface area contributed by atoms with Crippen LogP contribution in [0.1, 0.15) is 19.3 Å². The van der Waals surface area contributed by atoms with E-state index in [4.69, 9.17) is 11.6 Å². The topological polar surface area (TPSA) is 72.5 Å². The SMILES string of the molecule is C=C(Cl)CNS(=O)(=O)C1CCCC1C(=O)OC. The van der Waals surface area contributed by atoms with E-state index in [0.29, 0.717) is 19.3 Å². The van der Waals surface area contributed by atoms with Gasteiger partial charge in [0.2, 0.25) is 10.0 Å². The molecule has 0 heterocycles. The molecular formula is C10H16ClNO4S. The van der Waals surface area contributed by atoms with Crippen LogP contribution >= 0.6 is 11.6 Å². The first-order valence-electron chi connectivity index (χ1n) is 5.28. The maximum atomic E-state index is 11.9. The lowest BCUT2D eigenvalue weighted by atomic mass is 10.1. The van der Waals surface area contributed by atoms with Crippen molar-refractivity contribution in [1.29, 1.82) is 0 Å². The van der Waals surface area contributed by atoms with Crippen LogP contribution in [-0.4, -0.2) is 33.3 Å². The van der Waals surface area contributed by atoms with Gasteiger partial charge in [0, 0.05) is 11.6 Å². The highest BCUT2D eigenvalue weighted by atomic mass is 35.5. The minimum Gasteiger partial charge on any atom is -0.469 e. The number of hydrogen-bond acceptors (Lipinski definition) is 4. The standard InChI is InChI=1S/C10H16ClNO4S/c1-7(11)6-12-17(14,15)9-5-3-4-8(9)10(13)16-2/h8-9,12H,1,3-6H2,2H3. The second-order valence-electron chi connectivity index (χ2n) is 3.98. The number of sulfonamides is 1. The molecule has 1 aliphatic carbocycles. The zero-order chi connectivity index (χ0) is 13.1. The van der Waals surface area contributed by atoms with Crippen LogP contribution in [0.15, 0.2) is 11.6 Å². The summed E-state index contributed by atoms with van der Waals surface area (Å²) in [4.78, 5) is 11.5. The Morgan fingerprint density at radius 1 is 1.53 bits per heavy atom. The van der Waals surface area contributed by atoms with Gasteiger partial charge in [0.15, 0.2) is 0 Å². The van der Waals surface area contributed by atoms with E-state index in [1.54, 1.807) is 0 Å². The van der Waals surface area contributed by atoms with Crippen LogP contribution in [-0.2, 0) is 19.6 Å². The number of rotatable bonds is 5. The molecule has 0 amide bonds. The third-order valence-corrected chi connectivity index (χ3v) is 4.86. The minimum absolute atomic E-state index is 0.0196. The lowest BCUT2D eigenvalue weighted by molar-refractivity contribution is -0.145. The molecule has 7 heteroatoms. The van der Waals surface area contributed by atoms with E-state index in [1.807, 2.05) is 0 Å². The number of esters is 1. The van der Waals surface area contributed by atoms with Crippen molar-refractivity contribution < 1.29 is 17.9 Å². The Balaban J connectivity index is 2.76. The summed E-state index contributed by atoms with van der Waals surface area (Å²) in [5.74, 6) is -1.05. The molecule has 1 fully saturated rings. The zero-order valence-corrected chi connectivity index (χ0v) is 11.2. The Kier molecular flexibility index (Phi) is 4.97. The Morgan fingerprint density at radius 2 is 2.18 bits per heavy atom. The zero-order valence-electron chi connectivity index (χ0n) is 9.61. The normalized spacial score (nSPS) is 24.6. The first kappa shape index (κ1) is 14.5. The molecule has 0 aliphatic heterocycles. The fourth-order valence-electron chi connectivity index (χ4n) is 2.00. The molecule has 2 unspecified atom stereocenters. The van der Waals surface area contributed by atoms with Gasteiger partial charge in [-0.3, -0.25) is 4.79 Å². The third kappa shape index (κ3) is 3.69. The van der Waals surface area contributed by atoms with Crippen molar-refractivity contribution in [2.45, 2.75) is 24.5 Å². The van der Waals surface area contributed by atoms with E-state index in [1.165, 1.54) is 7.11 Å². The van der Waals surface area contributed by atoms with Crippen molar-refractivity contribution >= 4 is 27.6 Å². The molecule has 5 nitrogen and oxygen atoms in total. The van der Waals surface area contributed by atoms with Gasteiger partial charge in [-0.15, -0.1) is 0 Å². The number of ether oxygens (including phenoxy) is 1. The number of methoxy groups -OCH3 is 1. The van der Waals surface area contributed by atoms with Gasteiger partial charge in [-0.05, 0) is 12.8 Å². The summed E-state index contributed by atoms with van der Waals surface area (Å²) in [7, 11) is -2.29. The molecule has 2 atom stereocenters. The molecule has 1 aliphatic rings. The number of halogens is 1. The van der Waals surface area contributed by atoms with Gasteiger partial charge in [-0.1, -0.05) is 24.6 Å². The molecule has 0 aromatic heterocycles. The maximum Gasteiger partial charge on any atom is 0.310 e. The van der Waals surface area contributed by atoms with Crippen molar-refractivity contribution in [1.82, 2.24) is 4.72 Å². The average molecular weight is 282 g/mol. The van der Waals surface area contributed by atoms with Crippen LogP contribution in [0.4, 0.5) is 0 Å². The fourth-order valence-corrected chi connectivity index (χ4v) is 3.90. The van der Waals surface area contributed by atoms with Crippen LogP contribution in [0.25, 0.3) is 0 Å². The van der Waals surface area contributed by atoms with E-state index in [9.17, 15) is 13.2 Å². The lowest BCUT2D eigenvalue weighted by Gasteiger charge is -2.18. The molecule has 98 valence electrons. The number of carbonyl (C=O) groups excluding carboxylic acids is 1. The van der Waals surface area contributed by atoms with Gasteiger partial charge >= 0.3 is 5.97 Å². The van der Waals surface area contributed by atoms with E-state index < -0.39 is 27.2 Å². The molecule has 0 spiro atoms. The summed E-state index contributed by atoms with van der Waals surface area (Å²) >= 11 is 5.50. The van der Waals surface area contributed by atoms with Gasteiger partial charge < -0.3 is 4.74 Å². The Hall–Kier alpha value is -0.590. The molecule has 0 saturated heterocycles. The Morgan fingerprint density at radius 3 is 2.71 bits per heavy atom. The molecule has 1 N–H and O–H groups in total. The van der Waals surface area contributed by atoms with Crippen molar-refractivity contribution in [2.24, 2.45) is 5.92 Å². The highest BCUT2D eigenvalue weighted by Crippen LogP contribution is 2.31. The van der Waals surface area contributed by atoms with Crippen LogP contribution in [0.2, 0.25) is 0 Å². The monoisotopic (exact) mass is 281 g/mol. The predicted octanol–water partition coefficient (Wildman–Crippen LogP) is 1.00. The van der Waals surface area contributed by atoms with Crippen LogP contribution in [0.3, 0.4) is 0 Å². The highest BCUT2D eigenvalue weighted by molar-refractivity contribution is 7.90. The number of hydrogen-bond donors (Lipinski definition) is 1. The average Bonchev–Trinajstić information content (AvgIpc) is 2.75. The largest absolute Gasteiger partial charge is 0.469 e. The van der Waals surface area contributed by atoms with Gasteiger partial charge in [-0.25, -0.2) is 13.1 Å². The quantitative estimate of drug-likeness (QED) is 0.763. The first-order valence-corrected chi connectivity index (χ1v) is 7.20. The summed E-state index contributed by atoms with van der Waals surface area (Å²) in [6, 6.07) is 0. The summed E-state index contributed by atoms with van der Waals surface area (Å²) in [5.41, 5.74) is 0. The summed E-state index contributed by atoms with van der Waals surface area (Å²) in [5, 5.41) is -0.521. The summed E-state index contributed by atoms with van der Waals surface area (Å²) in [6.45, 7) is 3.38. The molecule has 1 rings (SSSR count). The lowest BCUT2D eigenvalue weighted by Crippen LogP contribution is -2.39. The smallest absolute Gasteiger partial charge is 0.310 e. The first-order chi connectivity index (χ1) is 7.88. The summed E-state index contributed by atoms with van der Waals surface area (Å²) in [6.07, 6.45) is 1.71. The third-order valence-electron chi connectivity index (χ3n) is 2.82. The molecule has 0 aromatic rings. The summed E-state index contributed by atoms with van der Waals surface area (Å²) < 4.78 is 30.9. The molecule has 0 radical (unpaired) electrons. The molecule has 17 heavy (non-hydrogen) atoms. The van der Waals surface area contributed by atoms with E-state index in [0.717, 1.165) is 0 Å². The van der Waals surface area contributed by atoms with Crippen LogP contribution < -0.4 is 4.72 Å². The molecular weight excluding hydrogens is 266 g/mol. The number of carbonyl (C=O) groups is 1. The predicted molar refractivity (Wildman–Crippen MR) is 65.1 cm³/mol. The Bertz CT molecular complexity index is 407. The van der Waals surface area contributed by atoms with Gasteiger partial charge in [0.05, 0.1) is 18.3 Å². The molecule has 1 saturated carbocycles. The van der Waals surface area contributed by atoms with Gasteiger partial charge in [-0.2, -0.15) is 0 Å². The van der Waals surface area contributed by atoms with Gasteiger partial charge in [0.1, 0.15) is 0 Å². The second kappa shape index (κ2) is 5.84. The van der Waals surface area contributed by atoms with Crippen LogP contribution in [0, 0.1) is 5.92 Å². The number of nitrogens with one attached hydrogen (secondary N) is 1. The van der Waals surface area contributed by atoms with Crippen LogP contribution in [0.5, 0.6) is 0 Å². The van der Waals surface area contributed by atoms with Gasteiger partial charge in [0.25, 0.3) is 0 Å². The van der Waals surface area contributed by atoms with E-state index in [2.05, 4.69) is 16.0 Å². The molecule has 0 aromatic carbocycles. The minimum atomic E-state index is -3.56. The Labute approximate surface area is 106 Å². The van der Waals surface area contributed by atoms with Crippen molar-refractivity contribution in [3.63, 3.8) is 0 Å². The highest BCUT2D eigenvalue weighted by Gasteiger charge is 2.41. The van der Waals surface area contributed by atoms with E-state index >= 15 is 0 Å². The fraction of sp³-hybridized carbons (Fsp3) is 0.700. The van der Waals surface area contributed by atoms with Crippen molar-refractivity contribution in [2.75, 3.05) is 13.7 Å². The van der Waals surface area contributed by atoms with Crippen molar-refractivity contribution in [3.8, 4) is 0 Å². The second-order valence-corrected chi connectivity index (χ2v) is 6.50. The van der Waals surface area contributed by atoms with Crippen molar-refractivity contribution in [3.05, 3.63) is 11.6 Å². The molecule has 0 bridgehead atoms.